The number of fused-ring (bicyclic) bond motifs is 1. The molecule has 1 fully saturated rings. The molecule has 2 heterocycles. The van der Waals surface area contributed by atoms with Crippen LogP contribution in [-0.2, 0) is 9.53 Å². The van der Waals surface area contributed by atoms with Gasteiger partial charge in [0.1, 0.15) is 0 Å². The third-order valence-corrected chi connectivity index (χ3v) is 6.22. The fourth-order valence-electron chi connectivity index (χ4n) is 4.35. The van der Waals surface area contributed by atoms with E-state index < -0.39 is 18.0 Å². The minimum absolute atomic E-state index is 0.109. The molecular formula is C24H32N2O5. The third-order valence-electron chi connectivity index (χ3n) is 6.22. The van der Waals surface area contributed by atoms with Crippen LogP contribution < -0.4 is 0 Å². The molecule has 3 atom stereocenters. The molecule has 0 N–H and O–H groups in total. The number of likely N-dealkylation sites (tertiary alicyclic amines) is 1. The minimum atomic E-state index is -0.927. The fourth-order valence-corrected chi connectivity index (χ4v) is 4.35. The molecule has 0 aromatic heterocycles. The van der Waals surface area contributed by atoms with Gasteiger partial charge < -0.3 is 9.64 Å². The maximum Gasteiger partial charge on any atom is 0.338 e. The van der Waals surface area contributed by atoms with Gasteiger partial charge in [-0.15, -0.1) is 0 Å². The molecule has 7 heteroatoms. The molecule has 0 saturated carbocycles. The van der Waals surface area contributed by atoms with E-state index in [1.54, 1.807) is 11.8 Å². The van der Waals surface area contributed by atoms with Crippen LogP contribution in [0.3, 0.4) is 0 Å². The van der Waals surface area contributed by atoms with E-state index >= 15 is 0 Å². The van der Waals surface area contributed by atoms with Gasteiger partial charge in [0, 0.05) is 18.6 Å². The van der Waals surface area contributed by atoms with Crippen LogP contribution in [0.25, 0.3) is 0 Å². The van der Waals surface area contributed by atoms with Gasteiger partial charge in [-0.05, 0) is 70.6 Å². The summed E-state index contributed by atoms with van der Waals surface area (Å²) >= 11 is 0. The minimum Gasteiger partial charge on any atom is -0.449 e. The van der Waals surface area contributed by atoms with E-state index in [0.717, 1.165) is 19.3 Å². The Labute approximate surface area is 183 Å². The summed E-state index contributed by atoms with van der Waals surface area (Å²) in [5.41, 5.74) is 0.663. The first-order valence-corrected chi connectivity index (χ1v) is 11.1. The first-order valence-electron chi connectivity index (χ1n) is 11.1. The first kappa shape index (κ1) is 23.0. The summed E-state index contributed by atoms with van der Waals surface area (Å²) in [5.74, 6) is -1.26. The highest BCUT2D eigenvalue weighted by Crippen LogP contribution is 2.26. The lowest BCUT2D eigenvalue weighted by atomic mass is 9.97. The van der Waals surface area contributed by atoms with E-state index in [9.17, 15) is 19.2 Å². The topological polar surface area (TPSA) is 84.0 Å². The smallest absolute Gasteiger partial charge is 0.338 e. The molecule has 0 spiro atoms. The van der Waals surface area contributed by atoms with Crippen LogP contribution in [0.2, 0.25) is 0 Å². The van der Waals surface area contributed by atoms with Gasteiger partial charge in [0.2, 0.25) is 0 Å². The van der Waals surface area contributed by atoms with Crippen LogP contribution in [0.4, 0.5) is 0 Å². The fraction of sp³-hybridized carbons (Fsp3) is 0.583. The van der Waals surface area contributed by atoms with Crippen LogP contribution in [0.1, 0.15) is 91.4 Å². The predicted molar refractivity (Wildman–Crippen MR) is 116 cm³/mol. The number of hydrogen-bond donors (Lipinski definition) is 0. The van der Waals surface area contributed by atoms with Crippen LogP contribution in [-0.4, -0.2) is 58.2 Å². The Morgan fingerprint density at radius 2 is 1.65 bits per heavy atom. The van der Waals surface area contributed by atoms with Crippen molar-refractivity contribution in [1.29, 1.82) is 0 Å². The summed E-state index contributed by atoms with van der Waals surface area (Å²) in [6.45, 7) is 10.00. The summed E-state index contributed by atoms with van der Waals surface area (Å²) in [5, 5.41) is 0. The zero-order valence-corrected chi connectivity index (χ0v) is 19.0. The van der Waals surface area contributed by atoms with E-state index in [-0.39, 0.29) is 35.0 Å². The number of rotatable bonds is 6. The highest BCUT2D eigenvalue weighted by Gasteiger charge is 2.37. The van der Waals surface area contributed by atoms with Gasteiger partial charge in [0.15, 0.2) is 6.10 Å². The van der Waals surface area contributed by atoms with Gasteiger partial charge in [0.25, 0.3) is 17.7 Å². The average molecular weight is 429 g/mol. The Balaban J connectivity index is 1.71. The average Bonchev–Trinajstić information content (AvgIpc) is 2.95. The van der Waals surface area contributed by atoms with Gasteiger partial charge in [-0.1, -0.05) is 13.8 Å². The summed E-state index contributed by atoms with van der Waals surface area (Å²) in [6.07, 6.45) is 2.74. The normalized spacial score (nSPS) is 22.0. The van der Waals surface area contributed by atoms with Crippen LogP contribution in [0, 0.1) is 5.92 Å². The highest BCUT2D eigenvalue weighted by atomic mass is 16.5. The zero-order valence-electron chi connectivity index (χ0n) is 19.0. The lowest BCUT2D eigenvalue weighted by molar-refractivity contribution is -0.146. The number of carbonyl (C=O) groups excluding carboxylic acids is 4. The van der Waals surface area contributed by atoms with E-state index in [1.165, 1.54) is 23.1 Å². The molecule has 3 amide bonds. The molecule has 0 unspecified atom stereocenters. The van der Waals surface area contributed by atoms with Crippen LogP contribution in [0.5, 0.6) is 0 Å². The maximum absolute atomic E-state index is 12.9. The van der Waals surface area contributed by atoms with Crippen molar-refractivity contribution in [3.05, 3.63) is 34.9 Å². The second-order valence-electron chi connectivity index (χ2n) is 9.13. The van der Waals surface area contributed by atoms with Crippen molar-refractivity contribution in [3.8, 4) is 0 Å². The van der Waals surface area contributed by atoms with Gasteiger partial charge in [-0.3, -0.25) is 19.3 Å². The number of carbonyl (C=O) groups is 4. The Hall–Kier alpha value is -2.70. The Kier molecular flexibility index (Phi) is 6.82. The number of piperidine rings is 1. The number of amides is 3. The Bertz CT molecular complexity index is 884. The zero-order chi connectivity index (χ0) is 22.9. The summed E-state index contributed by atoms with van der Waals surface area (Å²) in [4.78, 5) is 53.8. The molecule has 2 aliphatic heterocycles. The highest BCUT2D eigenvalue weighted by molar-refractivity contribution is 6.22. The second kappa shape index (κ2) is 9.20. The van der Waals surface area contributed by atoms with Crippen molar-refractivity contribution in [2.75, 3.05) is 6.54 Å². The Morgan fingerprint density at radius 1 is 1.03 bits per heavy atom. The van der Waals surface area contributed by atoms with Crippen molar-refractivity contribution < 1.29 is 23.9 Å². The molecular weight excluding hydrogens is 396 g/mol. The number of ether oxygens (including phenoxy) is 1. The molecule has 1 saturated heterocycles. The number of benzene rings is 1. The maximum atomic E-state index is 12.9. The lowest BCUT2D eigenvalue weighted by Crippen LogP contribution is -2.51. The van der Waals surface area contributed by atoms with Crippen LogP contribution in [0.15, 0.2) is 18.2 Å². The van der Waals surface area contributed by atoms with Crippen molar-refractivity contribution in [3.63, 3.8) is 0 Å². The summed E-state index contributed by atoms with van der Waals surface area (Å²) in [7, 11) is 0. The summed E-state index contributed by atoms with van der Waals surface area (Å²) < 4.78 is 5.44. The SMILES string of the molecule is CC(C)CCN1C(=O)c2ccc(C(=O)O[C@H](C)C(=O)N3[C@H](C)CCC[C@@H]3C)cc2C1=O. The first-order chi connectivity index (χ1) is 14.6. The van der Waals surface area contributed by atoms with E-state index in [0.29, 0.717) is 24.4 Å². The number of nitrogens with zero attached hydrogens (tertiary/aromatic N) is 2. The quantitative estimate of drug-likeness (QED) is 0.510. The van der Waals surface area contributed by atoms with Gasteiger partial charge in [-0.2, -0.15) is 0 Å². The standard InChI is InChI=1S/C24H32N2O5/c1-14(2)11-12-25-22(28)19-10-9-18(13-20(19)23(25)29)24(30)31-17(5)21(27)26-15(3)7-6-8-16(26)4/h9-10,13-17H,6-8,11-12H2,1-5H3/t15-,16+,17-/m1/s1. The summed E-state index contributed by atoms with van der Waals surface area (Å²) in [6, 6.07) is 4.58. The molecule has 1 aromatic carbocycles. The molecule has 2 aliphatic rings. The predicted octanol–water partition coefficient (Wildman–Crippen LogP) is 3.66. The van der Waals surface area contributed by atoms with Crippen molar-refractivity contribution >= 4 is 23.7 Å². The molecule has 168 valence electrons. The van der Waals surface area contributed by atoms with E-state index in [2.05, 4.69) is 0 Å². The molecule has 31 heavy (non-hydrogen) atoms. The molecule has 0 bridgehead atoms. The molecule has 3 rings (SSSR count). The van der Waals surface area contributed by atoms with E-state index in [1.807, 2.05) is 27.7 Å². The number of esters is 1. The van der Waals surface area contributed by atoms with Crippen LogP contribution >= 0.6 is 0 Å². The van der Waals surface area contributed by atoms with Crippen molar-refractivity contribution in [1.82, 2.24) is 9.80 Å². The van der Waals surface area contributed by atoms with Gasteiger partial charge in [0.05, 0.1) is 16.7 Å². The van der Waals surface area contributed by atoms with E-state index in [4.69, 9.17) is 4.74 Å². The second-order valence-corrected chi connectivity index (χ2v) is 9.13. The monoisotopic (exact) mass is 428 g/mol. The largest absolute Gasteiger partial charge is 0.449 e. The molecule has 0 aliphatic carbocycles. The van der Waals surface area contributed by atoms with Crippen molar-refractivity contribution in [2.45, 2.75) is 78.5 Å². The lowest BCUT2D eigenvalue weighted by Gasteiger charge is -2.40. The van der Waals surface area contributed by atoms with Gasteiger partial charge >= 0.3 is 5.97 Å². The molecule has 7 nitrogen and oxygen atoms in total. The van der Waals surface area contributed by atoms with Gasteiger partial charge in [-0.25, -0.2) is 4.79 Å². The molecule has 0 radical (unpaired) electrons. The third kappa shape index (κ3) is 4.65. The number of hydrogen-bond acceptors (Lipinski definition) is 5. The van der Waals surface area contributed by atoms with Crippen molar-refractivity contribution in [2.24, 2.45) is 5.92 Å². The Morgan fingerprint density at radius 3 is 2.26 bits per heavy atom. The molecule has 1 aromatic rings. The number of imide groups is 1.